The zero-order valence-electron chi connectivity index (χ0n) is 14.8. The highest BCUT2D eigenvalue weighted by atomic mass is 32.2. The number of hydrogen-bond donors (Lipinski definition) is 1. The number of alkyl halides is 3. The van der Waals surface area contributed by atoms with Crippen LogP contribution >= 0.6 is 11.8 Å². The van der Waals surface area contributed by atoms with E-state index in [2.05, 4.69) is 5.32 Å². The van der Waals surface area contributed by atoms with Crippen LogP contribution in [0.5, 0.6) is 0 Å². The summed E-state index contributed by atoms with van der Waals surface area (Å²) in [6.07, 6.45) is -3.85. The molecule has 0 radical (unpaired) electrons. The smallest absolute Gasteiger partial charge is 0.349 e. The van der Waals surface area contributed by atoms with Crippen molar-refractivity contribution in [2.24, 2.45) is 0 Å². The van der Waals surface area contributed by atoms with Crippen LogP contribution in [0.3, 0.4) is 0 Å². The van der Waals surface area contributed by atoms with Gasteiger partial charge in [0.15, 0.2) is 4.91 Å². The standard InChI is InChI=1S/C19H17F3N2O2S2/c1-2-11-27-18(24-15-8-6-7-14(12-15)19(20,21)22)17(13-23)28(25,26)16-9-4-3-5-10-16/h3-10,12,24H,2,11H2,1H3/b18-17-. The molecule has 148 valence electrons. The Morgan fingerprint density at radius 3 is 2.39 bits per heavy atom. The number of hydrogen-bond acceptors (Lipinski definition) is 5. The van der Waals surface area contributed by atoms with Crippen LogP contribution in [0.25, 0.3) is 0 Å². The summed E-state index contributed by atoms with van der Waals surface area (Å²) in [6.45, 7) is 1.87. The molecule has 0 saturated carbocycles. The number of benzene rings is 2. The van der Waals surface area contributed by atoms with E-state index in [1.54, 1.807) is 12.1 Å². The molecule has 0 aliphatic heterocycles. The normalized spacial score (nSPS) is 12.8. The molecular weight excluding hydrogens is 409 g/mol. The molecule has 4 nitrogen and oxygen atoms in total. The molecule has 0 heterocycles. The zero-order chi connectivity index (χ0) is 20.8. The van der Waals surface area contributed by atoms with Crippen LogP contribution in [0.15, 0.2) is 69.4 Å². The van der Waals surface area contributed by atoms with Crippen molar-refractivity contribution in [1.29, 1.82) is 5.26 Å². The first kappa shape index (κ1) is 21.9. The highest BCUT2D eigenvalue weighted by molar-refractivity contribution is 8.04. The number of thioether (sulfide) groups is 1. The minimum absolute atomic E-state index is 0.00692. The van der Waals surface area contributed by atoms with Gasteiger partial charge < -0.3 is 5.32 Å². The summed E-state index contributed by atoms with van der Waals surface area (Å²) in [4.78, 5) is -0.596. The fourth-order valence-corrected chi connectivity index (χ4v) is 4.66. The van der Waals surface area contributed by atoms with Crippen LogP contribution in [-0.2, 0) is 16.0 Å². The zero-order valence-corrected chi connectivity index (χ0v) is 16.5. The Hall–Kier alpha value is -2.44. The Morgan fingerprint density at radius 1 is 1.14 bits per heavy atom. The molecule has 0 bridgehead atoms. The van der Waals surface area contributed by atoms with Crippen LogP contribution in [0.4, 0.5) is 18.9 Å². The third kappa shape index (κ3) is 5.30. The topological polar surface area (TPSA) is 70.0 Å². The van der Waals surface area contributed by atoms with Crippen molar-refractivity contribution in [2.75, 3.05) is 11.1 Å². The predicted molar refractivity (Wildman–Crippen MR) is 104 cm³/mol. The lowest BCUT2D eigenvalue weighted by Crippen LogP contribution is -2.11. The monoisotopic (exact) mass is 426 g/mol. The van der Waals surface area contributed by atoms with Crippen LogP contribution in [-0.4, -0.2) is 14.2 Å². The number of allylic oxidation sites excluding steroid dienone is 1. The van der Waals surface area contributed by atoms with Crippen LogP contribution < -0.4 is 5.32 Å². The molecule has 0 saturated heterocycles. The number of nitrogens with one attached hydrogen (secondary N) is 1. The van der Waals surface area contributed by atoms with E-state index >= 15 is 0 Å². The van der Waals surface area contributed by atoms with E-state index in [1.165, 1.54) is 36.4 Å². The Morgan fingerprint density at radius 2 is 1.82 bits per heavy atom. The van der Waals surface area contributed by atoms with Crippen molar-refractivity contribution in [2.45, 2.75) is 24.4 Å². The third-order valence-electron chi connectivity index (χ3n) is 3.53. The minimum atomic E-state index is -4.54. The van der Waals surface area contributed by atoms with Gasteiger partial charge in [0.05, 0.1) is 10.5 Å². The number of nitriles is 1. The molecule has 2 rings (SSSR count). The molecule has 0 atom stereocenters. The summed E-state index contributed by atoms with van der Waals surface area (Å²) < 4.78 is 64.6. The minimum Gasteiger partial charge on any atom is -0.349 e. The average Bonchev–Trinajstić information content (AvgIpc) is 2.66. The summed E-state index contributed by atoms with van der Waals surface area (Å²) in [7, 11) is -4.13. The molecule has 2 aromatic carbocycles. The summed E-state index contributed by atoms with van der Waals surface area (Å²) in [5, 5.41) is 12.2. The summed E-state index contributed by atoms with van der Waals surface area (Å²) in [5.41, 5.74) is -0.828. The average molecular weight is 426 g/mol. The molecular formula is C19H17F3N2O2S2. The van der Waals surface area contributed by atoms with Gasteiger partial charge >= 0.3 is 6.18 Å². The highest BCUT2D eigenvalue weighted by Crippen LogP contribution is 2.33. The summed E-state index contributed by atoms with van der Waals surface area (Å²) >= 11 is 1.07. The molecule has 0 aliphatic rings. The lowest BCUT2D eigenvalue weighted by molar-refractivity contribution is -0.137. The maximum absolute atomic E-state index is 13.0. The van der Waals surface area contributed by atoms with Crippen molar-refractivity contribution >= 4 is 27.3 Å². The molecule has 9 heteroatoms. The van der Waals surface area contributed by atoms with Crippen molar-refractivity contribution in [3.05, 3.63) is 70.1 Å². The Bertz CT molecular complexity index is 996. The third-order valence-corrected chi connectivity index (χ3v) is 6.59. The number of nitrogens with zero attached hydrogens (tertiary/aromatic N) is 1. The Labute approximate surface area is 166 Å². The first-order chi connectivity index (χ1) is 13.2. The van der Waals surface area contributed by atoms with Gasteiger partial charge in [0.25, 0.3) is 0 Å². The van der Waals surface area contributed by atoms with Crippen LogP contribution in [0.2, 0.25) is 0 Å². The molecule has 0 spiro atoms. The maximum Gasteiger partial charge on any atom is 0.416 e. The molecule has 0 aromatic heterocycles. The van der Waals surface area contributed by atoms with Crippen molar-refractivity contribution in [3.63, 3.8) is 0 Å². The second-order valence-corrected chi connectivity index (χ2v) is 8.63. The Balaban J connectivity index is 2.53. The second-order valence-electron chi connectivity index (χ2n) is 5.64. The van der Waals surface area contributed by atoms with Crippen molar-refractivity contribution in [3.8, 4) is 6.07 Å². The van der Waals surface area contributed by atoms with Gasteiger partial charge in [-0.1, -0.05) is 31.2 Å². The molecule has 0 fully saturated rings. The predicted octanol–water partition coefficient (Wildman–Crippen LogP) is 5.43. The van der Waals surface area contributed by atoms with Crippen LogP contribution in [0, 0.1) is 11.3 Å². The van der Waals surface area contributed by atoms with E-state index in [0.717, 1.165) is 23.9 Å². The van der Waals surface area contributed by atoms with Crippen LogP contribution in [0.1, 0.15) is 18.9 Å². The lowest BCUT2D eigenvalue weighted by Gasteiger charge is -2.15. The van der Waals surface area contributed by atoms with Gasteiger partial charge in [-0.05, 0) is 42.5 Å². The number of halogens is 3. The highest BCUT2D eigenvalue weighted by Gasteiger charge is 2.31. The number of rotatable bonds is 7. The molecule has 0 unspecified atom stereocenters. The van der Waals surface area contributed by atoms with Crippen molar-refractivity contribution < 1.29 is 21.6 Å². The van der Waals surface area contributed by atoms with Crippen molar-refractivity contribution in [1.82, 2.24) is 0 Å². The summed E-state index contributed by atoms with van der Waals surface area (Å²) in [5.74, 6) is 0.483. The van der Waals surface area contributed by atoms with Gasteiger partial charge in [0.1, 0.15) is 11.1 Å². The van der Waals surface area contributed by atoms with E-state index in [1.807, 2.05) is 6.92 Å². The first-order valence-electron chi connectivity index (χ1n) is 8.21. The van der Waals surface area contributed by atoms with Gasteiger partial charge in [-0.2, -0.15) is 18.4 Å². The quantitative estimate of drug-likeness (QED) is 0.598. The molecule has 28 heavy (non-hydrogen) atoms. The Kier molecular flexibility index (Phi) is 7.16. The first-order valence-corrected chi connectivity index (χ1v) is 10.7. The maximum atomic E-state index is 13.0. The molecule has 0 aliphatic carbocycles. The largest absolute Gasteiger partial charge is 0.416 e. The van der Waals surface area contributed by atoms with Gasteiger partial charge in [-0.3, -0.25) is 0 Å². The van der Waals surface area contributed by atoms with Gasteiger partial charge in [-0.15, -0.1) is 11.8 Å². The lowest BCUT2D eigenvalue weighted by atomic mass is 10.2. The van der Waals surface area contributed by atoms with Gasteiger partial charge in [0, 0.05) is 5.69 Å². The molecule has 0 amide bonds. The van der Waals surface area contributed by atoms with E-state index in [0.29, 0.717) is 12.2 Å². The van der Waals surface area contributed by atoms with E-state index in [-0.39, 0.29) is 15.6 Å². The van der Waals surface area contributed by atoms with Gasteiger partial charge in [-0.25, -0.2) is 8.42 Å². The fourth-order valence-electron chi connectivity index (χ4n) is 2.22. The summed E-state index contributed by atoms with van der Waals surface area (Å²) in [6, 6.07) is 13.5. The number of anilines is 1. The molecule has 1 N–H and O–H groups in total. The number of sulfone groups is 1. The SMILES string of the molecule is CCCS/C(Nc1cccc(C(F)(F)F)c1)=C(/C#N)S(=O)(=O)c1ccccc1. The molecule has 2 aromatic rings. The van der Waals surface area contributed by atoms with Gasteiger partial charge in [0.2, 0.25) is 9.84 Å². The van der Waals surface area contributed by atoms with E-state index < -0.39 is 26.5 Å². The fraction of sp³-hybridized carbons (Fsp3) is 0.211. The van der Waals surface area contributed by atoms with E-state index in [4.69, 9.17) is 0 Å². The van der Waals surface area contributed by atoms with E-state index in [9.17, 15) is 26.9 Å². The second kappa shape index (κ2) is 9.17.